The van der Waals surface area contributed by atoms with Crippen molar-refractivity contribution in [2.45, 2.75) is 38.4 Å². The van der Waals surface area contributed by atoms with E-state index < -0.39 is 23.5 Å². The van der Waals surface area contributed by atoms with Gasteiger partial charge in [-0.1, -0.05) is 30.3 Å². The Morgan fingerprint density at radius 1 is 1.29 bits per heavy atom. The standard InChI is InChI=1S/C22H23F3N6/c1-13-15(10-26)18-28-20(22(3,24)25)29-31(18)19(17(13)14-8-6-5-7-9-14)30-11-16(23)21(2,12-30)27-4/h5-9,16,27H,11-12H2,1-4H3/t16?,21-/m1/s1. The van der Waals surface area contributed by atoms with E-state index in [1.165, 1.54) is 4.52 Å². The fourth-order valence-corrected chi connectivity index (χ4v) is 4.10. The molecular weight excluding hydrogens is 405 g/mol. The molecule has 31 heavy (non-hydrogen) atoms. The smallest absolute Gasteiger partial charge is 0.305 e. The summed E-state index contributed by atoms with van der Waals surface area (Å²) < 4.78 is 44.4. The van der Waals surface area contributed by atoms with Crippen LogP contribution in [0.4, 0.5) is 19.0 Å². The summed E-state index contributed by atoms with van der Waals surface area (Å²) in [7, 11) is 1.69. The van der Waals surface area contributed by atoms with Crippen LogP contribution in [0.15, 0.2) is 30.3 Å². The number of alkyl halides is 3. The van der Waals surface area contributed by atoms with E-state index in [0.717, 1.165) is 5.56 Å². The van der Waals surface area contributed by atoms with Crippen molar-refractivity contribution in [3.63, 3.8) is 0 Å². The van der Waals surface area contributed by atoms with E-state index in [0.29, 0.717) is 30.4 Å². The SMILES string of the molecule is CN[C@]1(C)CN(c2c(-c3ccccc3)c(C)c(C#N)c3nc(C(C)(F)F)nn23)CC1F. The van der Waals surface area contributed by atoms with E-state index in [1.807, 2.05) is 30.3 Å². The molecule has 1 unspecified atom stereocenters. The molecule has 0 aliphatic carbocycles. The summed E-state index contributed by atoms with van der Waals surface area (Å²) >= 11 is 0. The minimum atomic E-state index is -3.29. The molecule has 1 N–H and O–H groups in total. The number of nitrogens with one attached hydrogen (secondary N) is 1. The highest BCUT2D eigenvalue weighted by Gasteiger charge is 2.44. The fourth-order valence-electron chi connectivity index (χ4n) is 4.10. The molecule has 0 bridgehead atoms. The fraction of sp³-hybridized carbons (Fsp3) is 0.409. The van der Waals surface area contributed by atoms with Crippen molar-refractivity contribution in [3.05, 3.63) is 47.3 Å². The summed E-state index contributed by atoms with van der Waals surface area (Å²) in [5, 5.41) is 16.9. The van der Waals surface area contributed by atoms with E-state index in [-0.39, 0.29) is 17.8 Å². The van der Waals surface area contributed by atoms with Crippen LogP contribution in [0.1, 0.15) is 30.8 Å². The maximum absolute atomic E-state index is 15.0. The number of nitrogens with zero attached hydrogens (tertiary/aromatic N) is 5. The third kappa shape index (κ3) is 3.31. The Bertz CT molecular complexity index is 1180. The van der Waals surface area contributed by atoms with Gasteiger partial charge in [-0.25, -0.2) is 9.37 Å². The molecule has 6 nitrogen and oxygen atoms in total. The van der Waals surface area contributed by atoms with E-state index in [1.54, 1.807) is 25.8 Å². The van der Waals surface area contributed by atoms with Crippen molar-refractivity contribution in [2.24, 2.45) is 0 Å². The topological polar surface area (TPSA) is 69.2 Å². The lowest BCUT2D eigenvalue weighted by atomic mass is 9.97. The molecule has 9 heteroatoms. The molecule has 0 radical (unpaired) electrons. The van der Waals surface area contributed by atoms with E-state index in [9.17, 15) is 18.4 Å². The van der Waals surface area contributed by atoms with Crippen LogP contribution in [0.2, 0.25) is 0 Å². The van der Waals surface area contributed by atoms with Crippen LogP contribution in [-0.2, 0) is 5.92 Å². The van der Waals surface area contributed by atoms with Gasteiger partial charge in [0.1, 0.15) is 23.6 Å². The van der Waals surface area contributed by atoms with Crippen LogP contribution in [0.3, 0.4) is 0 Å². The molecule has 162 valence electrons. The first-order valence-electron chi connectivity index (χ1n) is 9.96. The van der Waals surface area contributed by atoms with Crippen molar-refractivity contribution in [2.75, 3.05) is 25.0 Å². The van der Waals surface area contributed by atoms with Crippen molar-refractivity contribution < 1.29 is 13.2 Å². The molecule has 0 spiro atoms. The predicted molar refractivity (Wildman–Crippen MR) is 112 cm³/mol. The van der Waals surface area contributed by atoms with E-state index >= 15 is 0 Å². The summed E-state index contributed by atoms with van der Waals surface area (Å²) in [5.41, 5.74) is 1.40. The molecule has 2 aromatic heterocycles. The van der Waals surface area contributed by atoms with E-state index in [2.05, 4.69) is 21.5 Å². The zero-order valence-corrected chi connectivity index (χ0v) is 17.7. The third-order valence-electron chi connectivity index (χ3n) is 6.03. The van der Waals surface area contributed by atoms with Gasteiger partial charge in [-0.3, -0.25) is 0 Å². The summed E-state index contributed by atoms with van der Waals surface area (Å²) in [6, 6.07) is 11.4. The average Bonchev–Trinajstić information content (AvgIpc) is 3.30. The Balaban J connectivity index is 2.09. The Morgan fingerprint density at radius 2 is 1.97 bits per heavy atom. The Labute approximate surface area is 178 Å². The number of halogens is 3. The van der Waals surface area contributed by atoms with Gasteiger partial charge in [0.15, 0.2) is 5.65 Å². The van der Waals surface area contributed by atoms with Crippen LogP contribution < -0.4 is 10.2 Å². The van der Waals surface area contributed by atoms with Crippen molar-refractivity contribution >= 4 is 11.5 Å². The van der Waals surface area contributed by atoms with Crippen LogP contribution in [0.25, 0.3) is 16.8 Å². The lowest BCUT2D eigenvalue weighted by Gasteiger charge is -2.27. The highest BCUT2D eigenvalue weighted by Crippen LogP contribution is 2.40. The Morgan fingerprint density at radius 3 is 2.52 bits per heavy atom. The maximum atomic E-state index is 15.0. The molecule has 1 saturated heterocycles. The molecule has 0 saturated carbocycles. The van der Waals surface area contributed by atoms with Crippen molar-refractivity contribution in [1.82, 2.24) is 19.9 Å². The van der Waals surface area contributed by atoms with Gasteiger partial charge < -0.3 is 10.2 Å². The lowest BCUT2D eigenvalue weighted by Crippen LogP contribution is -2.48. The van der Waals surface area contributed by atoms with Gasteiger partial charge in [0.05, 0.1) is 12.1 Å². The number of anilines is 1. The molecule has 3 heterocycles. The number of nitriles is 1. The second-order valence-corrected chi connectivity index (χ2v) is 8.25. The van der Waals surface area contributed by atoms with Crippen molar-refractivity contribution in [3.8, 4) is 17.2 Å². The Hall–Kier alpha value is -3.12. The summed E-state index contributed by atoms with van der Waals surface area (Å²) in [6.45, 7) is 4.59. The van der Waals surface area contributed by atoms with Crippen LogP contribution in [-0.4, -0.2) is 46.4 Å². The van der Waals surface area contributed by atoms with Gasteiger partial charge in [-0.05, 0) is 32.0 Å². The average molecular weight is 428 g/mol. The Kier molecular flexibility index (Phi) is 4.93. The number of benzene rings is 1. The molecule has 0 amide bonds. The molecular formula is C22H23F3N6. The number of rotatable bonds is 4. The van der Waals surface area contributed by atoms with Gasteiger partial charge in [-0.2, -0.15) is 18.6 Å². The first kappa shape index (κ1) is 21.1. The summed E-state index contributed by atoms with van der Waals surface area (Å²) in [4.78, 5) is 5.79. The lowest BCUT2D eigenvalue weighted by molar-refractivity contribution is 0.00801. The number of fused-ring (bicyclic) bond motifs is 1. The first-order chi connectivity index (χ1) is 14.6. The summed E-state index contributed by atoms with van der Waals surface area (Å²) in [6.07, 6.45) is -1.19. The molecule has 4 rings (SSSR count). The maximum Gasteiger partial charge on any atom is 0.305 e. The first-order valence-corrected chi connectivity index (χ1v) is 9.96. The van der Waals surface area contributed by atoms with Gasteiger partial charge in [0.2, 0.25) is 5.82 Å². The number of hydrogen-bond donors (Lipinski definition) is 1. The number of hydrogen-bond acceptors (Lipinski definition) is 5. The normalized spacial score (nSPS) is 21.6. The van der Waals surface area contributed by atoms with Crippen LogP contribution in [0.5, 0.6) is 0 Å². The molecule has 1 fully saturated rings. The predicted octanol–water partition coefficient (Wildman–Crippen LogP) is 3.82. The second kappa shape index (κ2) is 7.24. The molecule has 1 aromatic carbocycles. The number of likely N-dealkylation sites (N-methyl/N-ethyl adjacent to an activating group) is 1. The quantitative estimate of drug-likeness (QED) is 0.684. The largest absolute Gasteiger partial charge is 0.351 e. The molecule has 1 aliphatic rings. The van der Waals surface area contributed by atoms with E-state index in [4.69, 9.17) is 0 Å². The van der Waals surface area contributed by atoms with Gasteiger partial charge in [0, 0.05) is 19.0 Å². The number of aromatic nitrogens is 3. The van der Waals surface area contributed by atoms with Crippen LogP contribution in [0, 0.1) is 18.3 Å². The second-order valence-electron chi connectivity index (χ2n) is 8.25. The monoisotopic (exact) mass is 428 g/mol. The minimum Gasteiger partial charge on any atom is -0.351 e. The molecule has 1 aliphatic heterocycles. The molecule has 3 aromatic rings. The zero-order chi connectivity index (χ0) is 22.6. The van der Waals surface area contributed by atoms with Gasteiger partial charge in [-0.15, -0.1) is 5.10 Å². The van der Waals surface area contributed by atoms with Crippen LogP contribution >= 0.6 is 0 Å². The van der Waals surface area contributed by atoms with Gasteiger partial charge in [0.25, 0.3) is 0 Å². The summed E-state index contributed by atoms with van der Waals surface area (Å²) in [5.74, 6) is -3.52. The van der Waals surface area contributed by atoms with Gasteiger partial charge >= 0.3 is 5.92 Å². The van der Waals surface area contributed by atoms with Crippen molar-refractivity contribution in [1.29, 1.82) is 5.26 Å². The third-order valence-corrected chi connectivity index (χ3v) is 6.03. The highest BCUT2D eigenvalue weighted by molar-refractivity contribution is 5.85. The number of pyridine rings is 1. The zero-order valence-electron chi connectivity index (χ0n) is 17.7. The highest BCUT2D eigenvalue weighted by atomic mass is 19.3. The molecule has 2 atom stereocenters. The minimum absolute atomic E-state index is 0.0414.